The lowest BCUT2D eigenvalue weighted by Crippen LogP contribution is -2.46. The third-order valence-corrected chi connectivity index (χ3v) is 2.97. The van der Waals surface area contributed by atoms with Crippen LogP contribution in [0.25, 0.3) is 0 Å². The van der Waals surface area contributed by atoms with Crippen molar-refractivity contribution >= 4 is 23.5 Å². The average Bonchev–Trinajstić information content (AvgIpc) is 2.57. The Bertz CT molecular complexity index is 527. The molecule has 0 bridgehead atoms. The minimum atomic E-state index is -1.01. The molecule has 1 aliphatic heterocycles. The first-order valence-corrected chi connectivity index (χ1v) is 5.89. The molecule has 0 fully saturated rings. The molecule has 19 heavy (non-hydrogen) atoms. The van der Waals surface area contributed by atoms with Crippen molar-refractivity contribution in [3.05, 3.63) is 29.8 Å². The van der Waals surface area contributed by atoms with Crippen molar-refractivity contribution in [2.24, 2.45) is 0 Å². The Morgan fingerprint density at radius 3 is 2.84 bits per heavy atom. The molecule has 1 unspecified atom stereocenters. The molecular formula is C13H14N2O4. The number of nitrogens with one attached hydrogen (secondary N) is 2. The summed E-state index contributed by atoms with van der Waals surface area (Å²) in [6, 6.07) is 6.70. The second-order valence-electron chi connectivity index (χ2n) is 4.20. The molecule has 0 saturated heterocycles. The van der Waals surface area contributed by atoms with Gasteiger partial charge in [0.15, 0.2) is 0 Å². The van der Waals surface area contributed by atoms with Gasteiger partial charge in [-0.05, 0) is 24.5 Å². The third kappa shape index (κ3) is 2.90. The van der Waals surface area contributed by atoms with Crippen molar-refractivity contribution in [1.82, 2.24) is 5.32 Å². The summed E-state index contributed by atoms with van der Waals surface area (Å²) in [5.41, 5.74) is 1.74. The maximum Gasteiger partial charge on any atom is 0.396 e. The zero-order valence-corrected chi connectivity index (χ0v) is 10.4. The molecule has 1 aromatic carbocycles. The first kappa shape index (κ1) is 13.1. The largest absolute Gasteiger partial charge is 0.462 e. The summed E-state index contributed by atoms with van der Waals surface area (Å²) in [6.07, 6.45) is 1.08. The van der Waals surface area contributed by atoms with E-state index in [2.05, 4.69) is 15.4 Å². The Hall–Kier alpha value is -2.37. The number of methoxy groups -OCH3 is 1. The number of carbonyl (C=O) groups excluding carboxylic acids is 3. The number of aryl methyl sites for hydroxylation is 1. The first-order chi connectivity index (χ1) is 9.11. The molecule has 0 spiro atoms. The number of fused-ring (bicyclic) bond motifs is 1. The Morgan fingerprint density at radius 2 is 2.11 bits per heavy atom. The molecule has 2 N–H and O–H groups in total. The Balaban J connectivity index is 2.08. The van der Waals surface area contributed by atoms with Crippen molar-refractivity contribution in [2.75, 3.05) is 12.4 Å². The van der Waals surface area contributed by atoms with Gasteiger partial charge in [-0.15, -0.1) is 0 Å². The molecule has 0 saturated carbocycles. The van der Waals surface area contributed by atoms with Crippen molar-refractivity contribution in [2.45, 2.75) is 18.9 Å². The highest BCUT2D eigenvalue weighted by atomic mass is 16.5. The highest BCUT2D eigenvalue weighted by molar-refractivity contribution is 6.33. The summed E-state index contributed by atoms with van der Waals surface area (Å²) in [5.74, 6) is -2.25. The second kappa shape index (κ2) is 5.51. The SMILES string of the molecule is COC(=O)C(=O)NC1CCc2ccccc2NC1=O. The number of hydrogen-bond donors (Lipinski definition) is 2. The van der Waals surface area contributed by atoms with E-state index in [1.807, 2.05) is 18.2 Å². The lowest BCUT2D eigenvalue weighted by molar-refractivity contribution is -0.153. The number of carbonyl (C=O) groups is 3. The van der Waals surface area contributed by atoms with E-state index in [1.165, 1.54) is 0 Å². The average molecular weight is 262 g/mol. The molecule has 0 aliphatic carbocycles. The van der Waals surface area contributed by atoms with Crippen molar-refractivity contribution < 1.29 is 19.1 Å². The smallest absolute Gasteiger partial charge is 0.396 e. The fraction of sp³-hybridized carbons (Fsp3) is 0.308. The van der Waals surface area contributed by atoms with Gasteiger partial charge in [-0.3, -0.25) is 9.59 Å². The second-order valence-corrected chi connectivity index (χ2v) is 4.20. The molecule has 2 rings (SSSR count). The Kier molecular flexibility index (Phi) is 3.79. The Labute approximate surface area is 110 Å². The number of anilines is 1. The van der Waals surface area contributed by atoms with Crippen LogP contribution in [0.15, 0.2) is 24.3 Å². The van der Waals surface area contributed by atoms with Gasteiger partial charge >= 0.3 is 11.9 Å². The van der Waals surface area contributed by atoms with E-state index in [0.29, 0.717) is 12.8 Å². The van der Waals surface area contributed by atoms with Gasteiger partial charge in [0.05, 0.1) is 7.11 Å². The van der Waals surface area contributed by atoms with Crippen molar-refractivity contribution in [1.29, 1.82) is 0 Å². The standard InChI is InChI=1S/C13H14N2O4/c1-19-13(18)12(17)15-10-7-6-8-4-2-3-5-9(8)14-11(10)16/h2-5,10H,6-7H2,1H3,(H,14,16)(H,15,17). The van der Waals surface area contributed by atoms with Gasteiger partial charge < -0.3 is 15.4 Å². The van der Waals surface area contributed by atoms with Crippen molar-refractivity contribution in [3.8, 4) is 0 Å². The van der Waals surface area contributed by atoms with Gasteiger partial charge in [0.2, 0.25) is 5.91 Å². The van der Waals surface area contributed by atoms with E-state index >= 15 is 0 Å². The molecular weight excluding hydrogens is 248 g/mol. The molecule has 1 atom stereocenters. The summed E-state index contributed by atoms with van der Waals surface area (Å²) < 4.78 is 4.30. The predicted octanol–water partition coefficient (Wildman–Crippen LogP) is 0.229. The number of rotatable bonds is 1. The van der Waals surface area contributed by atoms with Crippen LogP contribution in [0.4, 0.5) is 5.69 Å². The number of hydrogen-bond acceptors (Lipinski definition) is 4. The zero-order valence-electron chi connectivity index (χ0n) is 10.4. The molecule has 1 heterocycles. The summed E-state index contributed by atoms with van der Waals surface area (Å²) in [4.78, 5) is 34.4. The molecule has 2 amide bonds. The van der Waals surface area contributed by atoms with Crippen LogP contribution < -0.4 is 10.6 Å². The predicted molar refractivity (Wildman–Crippen MR) is 67.3 cm³/mol. The molecule has 6 nitrogen and oxygen atoms in total. The van der Waals surface area contributed by atoms with E-state index in [9.17, 15) is 14.4 Å². The van der Waals surface area contributed by atoms with Gasteiger partial charge in [-0.2, -0.15) is 0 Å². The molecule has 1 aliphatic rings. The topological polar surface area (TPSA) is 84.5 Å². The van der Waals surface area contributed by atoms with Crippen LogP contribution in [-0.4, -0.2) is 30.9 Å². The molecule has 100 valence electrons. The van der Waals surface area contributed by atoms with Gasteiger partial charge in [0.1, 0.15) is 6.04 Å². The number of para-hydroxylation sites is 1. The van der Waals surface area contributed by atoms with Crippen LogP contribution in [0.3, 0.4) is 0 Å². The highest BCUT2D eigenvalue weighted by Gasteiger charge is 2.27. The third-order valence-electron chi connectivity index (χ3n) is 2.97. The maximum absolute atomic E-state index is 11.9. The van der Waals surface area contributed by atoms with Gasteiger partial charge in [-0.1, -0.05) is 18.2 Å². The molecule has 0 aromatic heterocycles. The van der Waals surface area contributed by atoms with Crippen LogP contribution >= 0.6 is 0 Å². The summed E-state index contributed by atoms with van der Waals surface area (Å²) in [6.45, 7) is 0. The van der Waals surface area contributed by atoms with Crippen LogP contribution in [0.5, 0.6) is 0 Å². The minimum Gasteiger partial charge on any atom is -0.462 e. The summed E-state index contributed by atoms with van der Waals surface area (Å²) in [5, 5.41) is 5.10. The number of ether oxygens (including phenoxy) is 1. The quantitative estimate of drug-likeness (QED) is 0.560. The molecule has 0 radical (unpaired) electrons. The monoisotopic (exact) mass is 262 g/mol. The van der Waals surface area contributed by atoms with Crippen LogP contribution in [0.1, 0.15) is 12.0 Å². The number of esters is 1. The van der Waals surface area contributed by atoms with Crippen LogP contribution in [0, 0.1) is 0 Å². The van der Waals surface area contributed by atoms with Gasteiger partial charge in [0.25, 0.3) is 0 Å². The normalized spacial score (nSPS) is 17.7. The van der Waals surface area contributed by atoms with E-state index in [4.69, 9.17) is 0 Å². The fourth-order valence-electron chi connectivity index (χ4n) is 1.96. The van der Waals surface area contributed by atoms with Crippen LogP contribution in [0.2, 0.25) is 0 Å². The first-order valence-electron chi connectivity index (χ1n) is 5.89. The Morgan fingerprint density at radius 1 is 1.37 bits per heavy atom. The fourth-order valence-corrected chi connectivity index (χ4v) is 1.96. The minimum absolute atomic E-state index is 0.331. The van der Waals surface area contributed by atoms with E-state index in [1.54, 1.807) is 6.07 Å². The molecule has 6 heteroatoms. The summed E-state index contributed by atoms with van der Waals surface area (Å²) in [7, 11) is 1.12. The van der Waals surface area contributed by atoms with E-state index in [0.717, 1.165) is 18.4 Å². The highest BCUT2D eigenvalue weighted by Crippen LogP contribution is 2.21. The summed E-state index contributed by atoms with van der Waals surface area (Å²) >= 11 is 0. The number of amides is 2. The maximum atomic E-state index is 11.9. The van der Waals surface area contributed by atoms with E-state index < -0.39 is 17.9 Å². The van der Waals surface area contributed by atoms with Gasteiger partial charge in [-0.25, -0.2) is 4.79 Å². The zero-order chi connectivity index (χ0) is 13.8. The van der Waals surface area contributed by atoms with Crippen molar-refractivity contribution in [3.63, 3.8) is 0 Å². The lowest BCUT2D eigenvalue weighted by Gasteiger charge is -2.14. The van der Waals surface area contributed by atoms with E-state index in [-0.39, 0.29) is 5.91 Å². The van der Waals surface area contributed by atoms with Crippen LogP contribution in [-0.2, 0) is 25.5 Å². The lowest BCUT2D eigenvalue weighted by atomic mass is 10.1. The molecule has 1 aromatic rings. The number of benzene rings is 1. The van der Waals surface area contributed by atoms with Gasteiger partial charge in [0, 0.05) is 5.69 Å².